The molecule has 0 unspecified atom stereocenters. The van der Waals surface area contributed by atoms with Gasteiger partial charge in [0.2, 0.25) is 0 Å². The molecule has 0 atom stereocenters. The summed E-state index contributed by atoms with van der Waals surface area (Å²) in [5.41, 5.74) is 5.52. The molecule has 1 heterocycles. The van der Waals surface area contributed by atoms with E-state index in [1.165, 1.54) is 19.5 Å². The van der Waals surface area contributed by atoms with Gasteiger partial charge in [-0.1, -0.05) is 15.9 Å². The fraction of sp³-hybridized carbons (Fsp3) is 0.0667. The molecule has 3 N–H and O–H groups in total. The Balaban J connectivity index is 1.99. The van der Waals surface area contributed by atoms with Gasteiger partial charge in [-0.25, -0.2) is 0 Å². The zero-order valence-electron chi connectivity index (χ0n) is 12.8. The number of methoxy groups -OCH3 is 1. The first-order valence-corrected chi connectivity index (χ1v) is 8.76. The number of hydrogen-bond acceptors (Lipinski definition) is 5. The molecular weight excluding hydrogens is 476 g/mol. The summed E-state index contributed by atoms with van der Waals surface area (Å²) in [6, 6.07) is 6.43. The van der Waals surface area contributed by atoms with Gasteiger partial charge in [0, 0.05) is 22.4 Å². The Morgan fingerprint density at radius 2 is 1.80 bits per heavy atom. The second kappa shape index (κ2) is 8.88. The predicted octanol–water partition coefficient (Wildman–Crippen LogP) is 2.56. The van der Waals surface area contributed by atoms with E-state index in [1.807, 2.05) is 0 Å². The van der Waals surface area contributed by atoms with Crippen molar-refractivity contribution >= 4 is 61.0 Å². The maximum absolute atomic E-state index is 12.4. The smallest absolute Gasteiger partial charge is 0.269 e. The van der Waals surface area contributed by atoms with Crippen molar-refractivity contribution in [2.75, 3.05) is 7.11 Å². The van der Waals surface area contributed by atoms with Crippen molar-refractivity contribution in [2.24, 2.45) is 0 Å². The van der Waals surface area contributed by atoms with Gasteiger partial charge in [0.05, 0.1) is 17.1 Å². The summed E-state index contributed by atoms with van der Waals surface area (Å²) in [6.07, 6.45) is 2.98. The van der Waals surface area contributed by atoms with Crippen LogP contribution in [0.1, 0.15) is 20.7 Å². The van der Waals surface area contributed by atoms with Gasteiger partial charge in [-0.2, -0.15) is 0 Å². The molecule has 0 bridgehead atoms. The van der Waals surface area contributed by atoms with Crippen molar-refractivity contribution in [1.29, 1.82) is 0 Å². The molecule has 0 fully saturated rings. The van der Waals surface area contributed by atoms with Crippen molar-refractivity contribution in [1.82, 2.24) is 21.2 Å². The molecule has 0 aliphatic heterocycles. The van der Waals surface area contributed by atoms with Crippen LogP contribution in [-0.2, 0) is 0 Å². The van der Waals surface area contributed by atoms with Crippen molar-refractivity contribution < 1.29 is 14.3 Å². The van der Waals surface area contributed by atoms with E-state index in [1.54, 1.807) is 24.3 Å². The minimum atomic E-state index is -0.491. The van der Waals surface area contributed by atoms with Gasteiger partial charge in [-0.05, 0) is 52.4 Å². The summed E-state index contributed by atoms with van der Waals surface area (Å²) in [6.45, 7) is 0. The second-order valence-corrected chi connectivity index (χ2v) is 6.74. The van der Waals surface area contributed by atoms with Gasteiger partial charge in [-0.3, -0.25) is 30.7 Å². The Kier molecular flexibility index (Phi) is 6.85. The molecule has 2 aromatic rings. The predicted molar refractivity (Wildman–Crippen MR) is 103 cm³/mol. The van der Waals surface area contributed by atoms with Crippen LogP contribution in [0.4, 0.5) is 0 Å². The van der Waals surface area contributed by atoms with Crippen molar-refractivity contribution in [2.45, 2.75) is 0 Å². The molecule has 1 aromatic carbocycles. The largest absolute Gasteiger partial charge is 0.495 e. The van der Waals surface area contributed by atoms with Crippen LogP contribution in [0.2, 0.25) is 0 Å². The van der Waals surface area contributed by atoms with Gasteiger partial charge >= 0.3 is 0 Å². The summed E-state index contributed by atoms with van der Waals surface area (Å²) < 4.78 is 6.52. The van der Waals surface area contributed by atoms with Gasteiger partial charge in [-0.15, -0.1) is 0 Å². The van der Waals surface area contributed by atoms with E-state index < -0.39 is 11.8 Å². The minimum Gasteiger partial charge on any atom is -0.495 e. The van der Waals surface area contributed by atoms with Gasteiger partial charge in [0.15, 0.2) is 5.11 Å². The van der Waals surface area contributed by atoms with Crippen LogP contribution in [0.3, 0.4) is 0 Å². The lowest BCUT2D eigenvalue weighted by atomic mass is 10.2. The third kappa shape index (κ3) is 5.21. The Morgan fingerprint density at radius 3 is 2.44 bits per heavy atom. The Bertz CT molecular complexity index is 818. The Labute approximate surface area is 165 Å². The normalized spacial score (nSPS) is 9.88. The molecule has 1 aromatic heterocycles. The fourth-order valence-corrected chi connectivity index (χ4v) is 3.36. The van der Waals surface area contributed by atoms with Crippen LogP contribution in [0.15, 0.2) is 45.6 Å². The third-order valence-corrected chi connectivity index (χ3v) is 4.17. The Hall–Kier alpha value is -2.04. The number of amides is 2. The molecule has 0 radical (unpaired) electrons. The minimum absolute atomic E-state index is 0.0643. The number of rotatable bonds is 3. The van der Waals surface area contributed by atoms with Crippen molar-refractivity contribution in [3.63, 3.8) is 0 Å². The lowest BCUT2D eigenvalue weighted by Crippen LogP contribution is -2.48. The number of carbonyl (C=O) groups is 2. The van der Waals surface area contributed by atoms with Crippen LogP contribution < -0.4 is 20.9 Å². The van der Waals surface area contributed by atoms with Crippen LogP contribution in [0.25, 0.3) is 0 Å². The molecule has 130 valence electrons. The third-order valence-electron chi connectivity index (χ3n) is 2.92. The molecule has 2 amide bonds. The SMILES string of the molecule is COc1c(Br)cc(Br)cc1C(=O)NC(=S)NNC(=O)c1ccncc1. The average Bonchev–Trinajstić information content (AvgIpc) is 2.59. The molecule has 0 saturated heterocycles. The number of halogens is 2. The van der Waals surface area contributed by atoms with Crippen LogP contribution in [0, 0.1) is 0 Å². The summed E-state index contributed by atoms with van der Waals surface area (Å²) in [4.78, 5) is 28.1. The second-order valence-electron chi connectivity index (χ2n) is 4.57. The van der Waals surface area contributed by atoms with E-state index in [9.17, 15) is 9.59 Å². The van der Waals surface area contributed by atoms with E-state index in [-0.39, 0.29) is 10.7 Å². The highest BCUT2D eigenvalue weighted by molar-refractivity contribution is 9.11. The first-order chi connectivity index (χ1) is 11.9. The highest BCUT2D eigenvalue weighted by Gasteiger charge is 2.17. The Morgan fingerprint density at radius 1 is 1.12 bits per heavy atom. The number of nitrogens with zero attached hydrogens (tertiary/aromatic N) is 1. The summed E-state index contributed by atoms with van der Waals surface area (Å²) in [5, 5.41) is 2.40. The molecule has 2 rings (SSSR count). The number of thiocarbonyl (C=S) groups is 1. The molecule has 25 heavy (non-hydrogen) atoms. The van der Waals surface area contributed by atoms with Crippen molar-refractivity contribution in [3.8, 4) is 5.75 Å². The van der Waals surface area contributed by atoms with Gasteiger partial charge in [0.25, 0.3) is 11.8 Å². The maximum Gasteiger partial charge on any atom is 0.269 e. The number of ether oxygens (including phenoxy) is 1. The first-order valence-electron chi connectivity index (χ1n) is 6.77. The van der Waals surface area contributed by atoms with Crippen LogP contribution in [0.5, 0.6) is 5.75 Å². The topological polar surface area (TPSA) is 92.4 Å². The molecule has 0 spiro atoms. The quantitative estimate of drug-likeness (QED) is 0.455. The number of nitrogens with one attached hydrogen (secondary N) is 3. The van der Waals surface area contributed by atoms with Crippen molar-refractivity contribution in [3.05, 3.63) is 56.7 Å². The number of aromatic nitrogens is 1. The molecule has 10 heteroatoms. The first kappa shape index (κ1) is 19.3. The standard InChI is InChI=1S/C15H12Br2N4O3S/c1-24-12-10(6-9(16)7-11(12)17)14(23)19-15(25)21-20-13(22)8-2-4-18-5-3-8/h2-7H,1H3,(H,20,22)(H2,19,21,23,25). The maximum atomic E-state index is 12.4. The van der Waals surface area contributed by atoms with E-state index in [4.69, 9.17) is 17.0 Å². The highest BCUT2D eigenvalue weighted by atomic mass is 79.9. The number of pyridine rings is 1. The summed E-state index contributed by atoms with van der Waals surface area (Å²) >= 11 is 11.6. The number of hydrazine groups is 1. The molecular formula is C15H12Br2N4O3S. The molecule has 0 aliphatic carbocycles. The highest BCUT2D eigenvalue weighted by Crippen LogP contribution is 2.32. The van der Waals surface area contributed by atoms with Crippen LogP contribution >= 0.6 is 44.1 Å². The van der Waals surface area contributed by atoms with E-state index >= 15 is 0 Å². The van der Waals surface area contributed by atoms with E-state index in [2.05, 4.69) is 53.0 Å². The number of hydrogen-bond donors (Lipinski definition) is 3. The summed E-state index contributed by atoms with van der Waals surface area (Å²) in [7, 11) is 1.45. The van der Waals surface area contributed by atoms with E-state index in [0.29, 0.717) is 20.3 Å². The zero-order chi connectivity index (χ0) is 18.4. The monoisotopic (exact) mass is 486 g/mol. The lowest BCUT2D eigenvalue weighted by molar-refractivity contribution is 0.0934. The fourth-order valence-electron chi connectivity index (χ4n) is 1.83. The van der Waals surface area contributed by atoms with E-state index in [0.717, 1.165) is 0 Å². The lowest BCUT2D eigenvalue weighted by Gasteiger charge is -2.13. The molecule has 0 aliphatic rings. The van der Waals surface area contributed by atoms with Gasteiger partial charge in [0.1, 0.15) is 5.75 Å². The summed E-state index contributed by atoms with van der Waals surface area (Å²) in [5.74, 6) is -0.541. The number of carbonyl (C=O) groups excluding carboxylic acids is 2. The average molecular weight is 488 g/mol. The van der Waals surface area contributed by atoms with Crippen LogP contribution in [-0.4, -0.2) is 29.0 Å². The van der Waals surface area contributed by atoms with Gasteiger partial charge < -0.3 is 4.74 Å². The zero-order valence-corrected chi connectivity index (χ0v) is 16.8. The molecule has 0 saturated carbocycles. The number of benzene rings is 1. The molecule has 7 nitrogen and oxygen atoms in total.